The maximum Gasteiger partial charge on any atom is 0.128 e. The summed E-state index contributed by atoms with van der Waals surface area (Å²) in [6.07, 6.45) is 3.24. The molecule has 1 N–H and O–H groups in total. The zero-order valence-electron chi connectivity index (χ0n) is 12.4. The zero-order chi connectivity index (χ0) is 14.7. The van der Waals surface area contributed by atoms with E-state index in [1.165, 1.54) is 15.8 Å². The summed E-state index contributed by atoms with van der Waals surface area (Å²) in [7, 11) is 3.73. The molecule has 0 saturated heterocycles. The number of thiophene rings is 1. The van der Waals surface area contributed by atoms with Crippen LogP contribution < -0.4 is 10.1 Å². The fourth-order valence-electron chi connectivity index (χ4n) is 2.79. The van der Waals surface area contributed by atoms with Crippen LogP contribution in [0, 0.1) is 0 Å². The Morgan fingerprint density at radius 1 is 1.24 bits per heavy atom. The molecule has 0 amide bonds. The molecule has 2 heterocycles. The topological polar surface area (TPSA) is 26.2 Å². The van der Waals surface area contributed by atoms with Crippen molar-refractivity contribution >= 4 is 22.2 Å². The molecular formula is C17H20N2OS. The number of benzene rings is 1. The lowest BCUT2D eigenvalue weighted by atomic mass is 10.1. The van der Waals surface area contributed by atoms with Crippen molar-refractivity contribution < 1.29 is 4.74 Å². The molecule has 1 unspecified atom stereocenters. The summed E-state index contributed by atoms with van der Waals surface area (Å²) in [5.74, 6) is 0.935. The van der Waals surface area contributed by atoms with Gasteiger partial charge in [0.25, 0.3) is 0 Å². The smallest absolute Gasteiger partial charge is 0.128 e. The fourth-order valence-corrected chi connectivity index (χ4v) is 3.65. The molecule has 21 heavy (non-hydrogen) atoms. The van der Waals surface area contributed by atoms with Gasteiger partial charge in [0.1, 0.15) is 5.75 Å². The molecule has 0 radical (unpaired) electrons. The first-order chi connectivity index (χ1) is 10.3. The molecule has 1 atom stereocenters. The minimum absolute atomic E-state index is 0.363. The Balaban J connectivity index is 2.07. The van der Waals surface area contributed by atoms with Crippen LogP contribution in [0.5, 0.6) is 5.75 Å². The predicted molar refractivity (Wildman–Crippen MR) is 89.5 cm³/mol. The number of nitrogens with zero attached hydrogens (tertiary/aromatic N) is 1. The van der Waals surface area contributed by atoms with Crippen molar-refractivity contribution in [1.29, 1.82) is 0 Å². The van der Waals surface area contributed by atoms with Gasteiger partial charge in [0.05, 0.1) is 18.7 Å². The van der Waals surface area contributed by atoms with Gasteiger partial charge in [-0.25, -0.2) is 0 Å². The lowest BCUT2D eigenvalue weighted by Gasteiger charge is -2.19. The van der Waals surface area contributed by atoms with Crippen molar-refractivity contribution in [3.05, 3.63) is 52.9 Å². The van der Waals surface area contributed by atoms with E-state index < -0.39 is 0 Å². The first kappa shape index (κ1) is 14.2. The highest BCUT2D eigenvalue weighted by molar-refractivity contribution is 7.10. The van der Waals surface area contributed by atoms with Crippen LogP contribution in [0.25, 0.3) is 10.9 Å². The van der Waals surface area contributed by atoms with Crippen LogP contribution in [0.1, 0.15) is 17.3 Å². The fraction of sp³-hybridized carbons (Fsp3) is 0.294. The van der Waals surface area contributed by atoms with Gasteiger partial charge in [-0.3, -0.25) is 0 Å². The highest BCUT2D eigenvalue weighted by atomic mass is 32.1. The Hall–Kier alpha value is -1.78. The molecule has 0 aliphatic carbocycles. The van der Waals surface area contributed by atoms with Gasteiger partial charge in [0.2, 0.25) is 0 Å². The molecule has 2 aromatic heterocycles. The monoisotopic (exact) mass is 300 g/mol. The van der Waals surface area contributed by atoms with Crippen molar-refractivity contribution in [3.8, 4) is 5.75 Å². The summed E-state index contributed by atoms with van der Waals surface area (Å²) in [6.45, 7) is 0.992. The quantitative estimate of drug-likeness (QED) is 0.747. The molecule has 3 aromatic rings. The Kier molecular flexibility index (Phi) is 4.27. The van der Waals surface area contributed by atoms with E-state index in [2.05, 4.69) is 51.8 Å². The highest BCUT2D eigenvalue weighted by Gasteiger charge is 2.17. The summed E-state index contributed by atoms with van der Waals surface area (Å²) in [5, 5.41) is 6.58. The van der Waals surface area contributed by atoms with Crippen molar-refractivity contribution in [2.24, 2.45) is 0 Å². The number of fused-ring (bicyclic) bond motifs is 1. The van der Waals surface area contributed by atoms with E-state index in [1.54, 1.807) is 7.11 Å². The molecule has 3 nitrogen and oxygen atoms in total. The molecule has 4 heteroatoms. The average molecular weight is 300 g/mol. The third-order valence-electron chi connectivity index (χ3n) is 3.82. The van der Waals surface area contributed by atoms with Gasteiger partial charge in [0, 0.05) is 16.5 Å². The number of methoxy groups -OCH3 is 1. The molecule has 0 aliphatic rings. The minimum atomic E-state index is 0.363. The van der Waals surface area contributed by atoms with Crippen molar-refractivity contribution in [2.75, 3.05) is 20.7 Å². The van der Waals surface area contributed by atoms with E-state index in [0.717, 1.165) is 18.7 Å². The van der Waals surface area contributed by atoms with E-state index in [1.807, 2.05) is 24.5 Å². The first-order valence-corrected chi connectivity index (χ1v) is 8.04. The molecule has 0 saturated carbocycles. The summed E-state index contributed by atoms with van der Waals surface area (Å²) >= 11 is 1.82. The third kappa shape index (κ3) is 2.69. The lowest BCUT2D eigenvalue weighted by Crippen LogP contribution is -2.16. The summed E-state index contributed by atoms with van der Waals surface area (Å²) < 4.78 is 7.83. The average Bonchev–Trinajstić information content (AvgIpc) is 3.17. The summed E-state index contributed by atoms with van der Waals surface area (Å²) in [5.41, 5.74) is 1.23. The van der Waals surface area contributed by atoms with Crippen LogP contribution in [0.3, 0.4) is 0 Å². The highest BCUT2D eigenvalue weighted by Crippen LogP contribution is 2.33. The number of aromatic nitrogens is 1. The van der Waals surface area contributed by atoms with Gasteiger partial charge in [0.15, 0.2) is 0 Å². The van der Waals surface area contributed by atoms with Crippen LogP contribution >= 0.6 is 11.3 Å². The first-order valence-electron chi connectivity index (χ1n) is 7.16. The van der Waals surface area contributed by atoms with Gasteiger partial charge in [-0.2, -0.15) is 0 Å². The SMILES string of the molecule is CNCCC(c1cccs1)n1ccc2c(OC)cccc21. The van der Waals surface area contributed by atoms with Crippen LogP contribution in [-0.2, 0) is 0 Å². The normalized spacial score (nSPS) is 12.7. The molecule has 0 fully saturated rings. The largest absolute Gasteiger partial charge is 0.496 e. The van der Waals surface area contributed by atoms with Gasteiger partial charge < -0.3 is 14.6 Å². The van der Waals surface area contributed by atoms with Gasteiger partial charge >= 0.3 is 0 Å². The van der Waals surface area contributed by atoms with Crippen LogP contribution in [0.15, 0.2) is 48.0 Å². The van der Waals surface area contributed by atoms with E-state index in [0.29, 0.717) is 6.04 Å². The second-order valence-corrected chi connectivity index (χ2v) is 6.02. The Bertz CT molecular complexity index is 703. The standard InChI is InChI=1S/C17H20N2OS/c1-18-10-8-15(17-7-4-12-21-17)19-11-9-13-14(19)5-3-6-16(13)20-2/h3-7,9,11-12,15,18H,8,10H2,1-2H3. The van der Waals surface area contributed by atoms with E-state index in [4.69, 9.17) is 4.74 Å². The van der Waals surface area contributed by atoms with E-state index in [9.17, 15) is 0 Å². The Morgan fingerprint density at radius 2 is 2.14 bits per heavy atom. The van der Waals surface area contributed by atoms with E-state index >= 15 is 0 Å². The predicted octanol–water partition coefficient (Wildman–Crippen LogP) is 3.91. The van der Waals surface area contributed by atoms with Gasteiger partial charge in [-0.15, -0.1) is 11.3 Å². The Labute approximate surface area is 129 Å². The minimum Gasteiger partial charge on any atom is -0.496 e. The number of hydrogen-bond donors (Lipinski definition) is 1. The molecular weight excluding hydrogens is 280 g/mol. The van der Waals surface area contributed by atoms with Crippen LogP contribution in [-0.4, -0.2) is 25.3 Å². The maximum absolute atomic E-state index is 5.47. The molecule has 0 spiro atoms. The maximum atomic E-state index is 5.47. The van der Waals surface area contributed by atoms with Crippen molar-refractivity contribution in [3.63, 3.8) is 0 Å². The van der Waals surface area contributed by atoms with Crippen LogP contribution in [0.4, 0.5) is 0 Å². The zero-order valence-corrected chi connectivity index (χ0v) is 13.2. The van der Waals surface area contributed by atoms with Crippen molar-refractivity contribution in [2.45, 2.75) is 12.5 Å². The van der Waals surface area contributed by atoms with E-state index in [-0.39, 0.29) is 0 Å². The summed E-state index contributed by atoms with van der Waals surface area (Å²) in [4.78, 5) is 1.39. The number of nitrogens with one attached hydrogen (secondary N) is 1. The number of rotatable bonds is 6. The van der Waals surface area contributed by atoms with Crippen LogP contribution in [0.2, 0.25) is 0 Å². The van der Waals surface area contributed by atoms with Gasteiger partial charge in [-0.05, 0) is 49.7 Å². The number of ether oxygens (including phenoxy) is 1. The van der Waals surface area contributed by atoms with Crippen molar-refractivity contribution in [1.82, 2.24) is 9.88 Å². The molecule has 3 rings (SSSR count). The summed E-state index contributed by atoms with van der Waals surface area (Å²) in [6, 6.07) is 13.1. The molecule has 110 valence electrons. The molecule has 0 bridgehead atoms. The Morgan fingerprint density at radius 3 is 2.86 bits per heavy atom. The second-order valence-electron chi connectivity index (χ2n) is 5.04. The van der Waals surface area contributed by atoms with Gasteiger partial charge in [-0.1, -0.05) is 12.1 Å². The lowest BCUT2D eigenvalue weighted by molar-refractivity contribution is 0.420. The second kappa shape index (κ2) is 6.33. The molecule has 1 aromatic carbocycles. The third-order valence-corrected chi connectivity index (χ3v) is 4.79. The number of hydrogen-bond acceptors (Lipinski definition) is 3. The molecule has 0 aliphatic heterocycles.